The van der Waals surface area contributed by atoms with Crippen LogP contribution in [0.15, 0.2) is 29.2 Å². The number of amides is 1. The Balaban J connectivity index is 1.58. The van der Waals surface area contributed by atoms with Gasteiger partial charge in [-0.05, 0) is 55.9 Å². The minimum atomic E-state index is -0.241. The summed E-state index contributed by atoms with van der Waals surface area (Å²) in [6, 6.07) is 6.32. The Morgan fingerprint density at radius 1 is 1.24 bits per heavy atom. The van der Waals surface area contributed by atoms with Gasteiger partial charge in [0.05, 0.1) is 6.10 Å². The smallest absolute Gasteiger partial charge is 0.220 e. The summed E-state index contributed by atoms with van der Waals surface area (Å²) < 4.78 is 12.7. The van der Waals surface area contributed by atoms with Crippen LogP contribution < -0.4 is 5.32 Å². The Kier molecular flexibility index (Phi) is 6.51. The zero-order valence-electron chi connectivity index (χ0n) is 12.1. The number of aliphatic hydroxyl groups is 1. The highest BCUT2D eigenvalue weighted by Gasteiger charge is 2.19. The summed E-state index contributed by atoms with van der Waals surface area (Å²) in [5.41, 5.74) is 0. The number of thioether (sulfide) groups is 1. The fraction of sp³-hybridized carbons (Fsp3) is 0.562. The third kappa shape index (κ3) is 6.06. The minimum absolute atomic E-state index is 0.0655. The fourth-order valence-corrected chi connectivity index (χ4v) is 3.34. The first kappa shape index (κ1) is 16.3. The molecule has 1 aliphatic rings. The third-order valence-corrected chi connectivity index (χ3v) is 4.83. The van der Waals surface area contributed by atoms with Crippen molar-refractivity contribution in [2.75, 3.05) is 12.3 Å². The second-order valence-electron chi connectivity index (χ2n) is 5.53. The molecule has 21 heavy (non-hydrogen) atoms. The largest absolute Gasteiger partial charge is 0.393 e. The number of carbonyl (C=O) groups is 1. The van der Waals surface area contributed by atoms with Gasteiger partial charge in [0.15, 0.2) is 0 Å². The van der Waals surface area contributed by atoms with Crippen molar-refractivity contribution >= 4 is 17.7 Å². The predicted molar refractivity (Wildman–Crippen MR) is 82.7 cm³/mol. The molecule has 5 heteroatoms. The van der Waals surface area contributed by atoms with Gasteiger partial charge in [0.25, 0.3) is 0 Å². The van der Waals surface area contributed by atoms with E-state index in [9.17, 15) is 14.3 Å². The lowest BCUT2D eigenvalue weighted by atomic mass is 9.87. The highest BCUT2D eigenvalue weighted by molar-refractivity contribution is 7.99. The molecule has 0 heterocycles. The summed E-state index contributed by atoms with van der Waals surface area (Å²) in [5.74, 6) is 1.02. The van der Waals surface area contributed by atoms with Crippen molar-refractivity contribution in [2.24, 2.45) is 5.92 Å². The van der Waals surface area contributed by atoms with E-state index in [0.717, 1.165) is 30.6 Å². The maximum Gasteiger partial charge on any atom is 0.220 e. The van der Waals surface area contributed by atoms with Crippen molar-refractivity contribution < 1.29 is 14.3 Å². The van der Waals surface area contributed by atoms with Crippen LogP contribution >= 0.6 is 11.8 Å². The zero-order valence-corrected chi connectivity index (χ0v) is 12.9. The zero-order chi connectivity index (χ0) is 15.1. The van der Waals surface area contributed by atoms with E-state index in [0.29, 0.717) is 24.6 Å². The summed E-state index contributed by atoms with van der Waals surface area (Å²) in [6.07, 6.45) is 4.00. The van der Waals surface area contributed by atoms with Gasteiger partial charge in [-0.2, -0.15) is 0 Å². The van der Waals surface area contributed by atoms with Crippen molar-refractivity contribution in [1.82, 2.24) is 5.32 Å². The molecule has 1 aromatic rings. The SMILES string of the molecule is O=C(CCSc1ccc(F)cc1)NCC1CCC(O)CC1. The Bertz CT molecular complexity index is 444. The molecule has 3 nitrogen and oxygen atoms in total. The van der Waals surface area contributed by atoms with Crippen LogP contribution in [-0.4, -0.2) is 29.4 Å². The monoisotopic (exact) mass is 311 g/mol. The van der Waals surface area contributed by atoms with Gasteiger partial charge >= 0.3 is 0 Å². The van der Waals surface area contributed by atoms with E-state index in [1.807, 2.05) is 0 Å². The molecule has 0 radical (unpaired) electrons. The normalized spacial score (nSPS) is 22.0. The van der Waals surface area contributed by atoms with E-state index in [2.05, 4.69) is 5.32 Å². The van der Waals surface area contributed by atoms with Crippen molar-refractivity contribution in [2.45, 2.75) is 43.1 Å². The van der Waals surface area contributed by atoms with Crippen LogP contribution in [0.4, 0.5) is 4.39 Å². The summed E-state index contributed by atoms with van der Waals surface area (Å²) in [7, 11) is 0. The second-order valence-corrected chi connectivity index (χ2v) is 6.70. The molecule has 1 amide bonds. The van der Waals surface area contributed by atoms with E-state index >= 15 is 0 Å². The third-order valence-electron chi connectivity index (χ3n) is 3.82. The first-order chi connectivity index (χ1) is 10.1. The Hall–Kier alpha value is -1.07. The van der Waals surface area contributed by atoms with E-state index in [4.69, 9.17) is 0 Å². The molecule has 0 spiro atoms. The van der Waals surface area contributed by atoms with Gasteiger partial charge in [0.1, 0.15) is 5.82 Å². The van der Waals surface area contributed by atoms with Gasteiger partial charge in [-0.15, -0.1) is 11.8 Å². The molecule has 1 fully saturated rings. The number of aliphatic hydroxyl groups excluding tert-OH is 1. The lowest BCUT2D eigenvalue weighted by Crippen LogP contribution is -2.32. The topological polar surface area (TPSA) is 49.3 Å². The van der Waals surface area contributed by atoms with Crippen molar-refractivity contribution in [3.63, 3.8) is 0 Å². The molecule has 0 bridgehead atoms. The quantitative estimate of drug-likeness (QED) is 0.794. The fourth-order valence-electron chi connectivity index (χ4n) is 2.49. The lowest BCUT2D eigenvalue weighted by molar-refractivity contribution is -0.120. The molecule has 1 aliphatic carbocycles. The molecule has 1 aromatic carbocycles. The van der Waals surface area contributed by atoms with E-state index in [-0.39, 0.29) is 17.8 Å². The molecule has 2 rings (SSSR count). The standard InChI is InChI=1S/C16H22FNO2S/c17-13-3-7-15(8-4-13)21-10-9-16(20)18-11-12-1-5-14(19)6-2-12/h3-4,7-8,12,14,19H,1-2,5-6,9-11H2,(H,18,20). The highest BCUT2D eigenvalue weighted by Crippen LogP contribution is 2.23. The molecule has 2 N–H and O–H groups in total. The lowest BCUT2D eigenvalue weighted by Gasteiger charge is -2.25. The molecule has 1 saturated carbocycles. The summed E-state index contributed by atoms with van der Waals surface area (Å²) in [6.45, 7) is 0.715. The van der Waals surface area contributed by atoms with Crippen molar-refractivity contribution in [3.05, 3.63) is 30.1 Å². The molecule has 0 saturated heterocycles. The first-order valence-corrected chi connectivity index (χ1v) is 8.45. The van der Waals surface area contributed by atoms with E-state index in [1.165, 1.54) is 12.1 Å². The molecule has 0 unspecified atom stereocenters. The number of rotatable bonds is 6. The summed E-state index contributed by atoms with van der Waals surface area (Å²) in [4.78, 5) is 12.7. The summed E-state index contributed by atoms with van der Waals surface area (Å²) in [5, 5.41) is 12.4. The van der Waals surface area contributed by atoms with Crippen LogP contribution in [0.25, 0.3) is 0 Å². The van der Waals surface area contributed by atoms with E-state index in [1.54, 1.807) is 23.9 Å². The predicted octanol–water partition coefficient (Wildman–Crippen LogP) is 2.98. The maximum atomic E-state index is 12.7. The maximum absolute atomic E-state index is 12.7. The first-order valence-electron chi connectivity index (χ1n) is 7.46. The van der Waals surface area contributed by atoms with Gasteiger partial charge in [-0.3, -0.25) is 4.79 Å². The van der Waals surface area contributed by atoms with Crippen LogP contribution in [0.5, 0.6) is 0 Å². The number of nitrogens with one attached hydrogen (secondary N) is 1. The number of carbonyl (C=O) groups excluding carboxylic acids is 1. The van der Waals surface area contributed by atoms with Gasteiger partial charge in [0, 0.05) is 23.6 Å². The minimum Gasteiger partial charge on any atom is -0.393 e. The number of hydrogen-bond acceptors (Lipinski definition) is 3. The van der Waals surface area contributed by atoms with Crippen LogP contribution in [-0.2, 0) is 4.79 Å². The molecule has 0 atom stereocenters. The number of halogens is 1. The Morgan fingerprint density at radius 3 is 2.57 bits per heavy atom. The van der Waals surface area contributed by atoms with Crippen LogP contribution in [0.2, 0.25) is 0 Å². The highest BCUT2D eigenvalue weighted by atomic mass is 32.2. The Morgan fingerprint density at radius 2 is 1.90 bits per heavy atom. The average Bonchev–Trinajstić information content (AvgIpc) is 2.49. The van der Waals surface area contributed by atoms with Crippen molar-refractivity contribution in [3.8, 4) is 0 Å². The van der Waals surface area contributed by atoms with Gasteiger partial charge in [-0.25, -0.2) is 4.39 Å². The van der Waals surface area contributed by atoms with Gasteiger partial charge in [-0.1, -0.05) is 0 Å². The van der Waals surface area contributed by atoms with Crippen molar-refractivity contribution in [1.29, 1.82) is 0 Å². The molecular formula is C16H22FNO2S. The molecule has 0 aliphatic heterocycles. The number of benzene rings is 1. The Labute approximate surface area is 129 Å². The number of hydrogen-bond donors (Lipinski definition) is 2. The van der Waals surface area contributed by atoms with Crippen LogP contribution in [0, 0.1) is 11.7 Å². The summed E-state index contributed by atoms with van der Waals surface area (Å²) >= 11 is 1.56. The average molecular weight is 311 g/mol. The van der Waals surface area contributed by atoms with Gasteiger partial charge < -0.3 is 10.4 Å². The van der Waals surface area contributed by atoms with Crippen LogP contribution in [0.1, 0.15) is 32.1 Å². The van der Waals surface area contributed by atoms with Crippen LogP contribution in [0.3, 0.4) is 0 Å². The van der Waals surface area contributed by atoms with Gasteiger partial charge in [0.2, 0.25) is 5.91 Å². The molecular weight excluding hydrogens is 289 g/mol. The molecule has 0 aromatic heterocycles. The second kappa shape index (κ2) is 8.39. The van der Waals surface area contributed by atoms with E-state index < -0.39 is 0 Å². The molecule has 116 valence electrons.